The average Bonchev–Trinajstić information content (AvgIpc) is 2.30. The van der Waals surface area contributed by atoms with Gasteiger partial charge in [-0.25, -0.2) is 4.39 Å². The van der Waals surface area contributed by atoms with Crippen LogP contribution in [0.15, 0.2) is 35.4 Å². The lowest BCUT2D eigenvalue weighted by molar-refractivity contribution is 0.210. The summed E-state index contributed by atoms with van der Waals surface area (Å²) in [5.74, 6) is -0.273. The molecule has 0 heterocycles. The fourth-order valence-electron chi connectivity index (χ4n) is 1.80. The summed E-state index contributed by atoms with van der Waals surface area (Å²) in [7, 11) is 0. The van der Waals surface area contributed by atoms with Gasteiger partial charge in [-0.05, 0) is 43.0 Å². The molecule has 0 bridgehead atoms. The molecule has 88 valence electrons. The van der Waals surface area contributed by atoms with Crippen molar-refractivity contribution in [1.29, 1.82) is 0 Å². The van der Waals surface area contributed by atoms with Crippen LogP contribution in [-0.4, -0.2) is 5.11 Å². The third-order valence-electron chi connectivity index (χ3n) is 2.98. The van der Waals surface area contributed by atoms with Gasteiger partial charge >= 0.3 is 0 Å². The number of halogens is 1. The molecule has 0 spiro atoms. The summed E-state index contributed by atoms with van der Waals surface area (Å²) in [5, 5.41) is 10.2. The van der Waals surface area contributed by atoms with Crippen LogP contribution in [0.2, 0.25) is 0 Å². The molecule has 16 heavy (non-hydrogen) atoms. The maximum atomic E-state index is 12.8. The summed E-state index contributed by atoms with van der Waals surface area (Å²) in [5.41, 5.74) is 3.00. The molecule has 0 saturated heterocycles. The highest BCUT2D eigenvalue weighted by molar-refractivity contribution is 5.28. The summed E-state index contributed by atoms with van der Waals surface area (Å²) in [4.78, 5) is 0. The highest BCUT2D eigenvalue weighted by Crippen LogP contribution is 2.27. The predicted octanol–water partition coefficient (Wildman–Crippen LogP) is 4.00. The minimum Gasteiger partial charge on any atom is -0.384 e. The van der Waals surface area contributed by atoms with E-state index in [0.29, 0.717) is 0 Å². The van der Waals surface area contributed by atoms with E-state index in [9.17, 15) is 9.50 Å². The molecule has 1 aromatic carbocycles. The molecular weight excluding hydrogens is 203 g/mol. The van der Waals surface area contributed by atoms with E-state index in [-0.39, 0.29) is 5.82 Å². The van der Waals surface area contributed by atoms with Crippen molar-refractivity contribution in [2.75, 3.05) is 0 Å². The molecule has 0 fully saturated rings. The van der Waals surface area contributed by atoms with E-state index in [1.54, 1.807) is 12.1 Å². The Morgan fingerprint density at radius 1 is 1.19 bits per heavy atom. The average molecular weight is 222 g/mol. The number of hydrogen-bond acceptors (Lipinski definition) is 1. The van der Waals surface area contributed by atoms with Crippen LogP contribution in [0.25, 0.3) is 0 Å². The quantitative estimate of drug-likeness (QED) is 0.763. The van der Waals surface area contributed by atoms with E-state index in [4.69, 9.17) is 0 Å². The second kappa shape index (κ2) is 5.80. The van der Waals surface area contributed by atoms with Crippen molar-refractivity contribution in [3.8, 4) is 0 Å². The van der Waals surface area contributed by atoms with E-state index in [1.165, 1.54) is 17.7 Å². The molecule has 0 aliphatic carbocycles. The zero-order valence-corrected chi connectivity index (χ0v) is 10.1. The van der Waals surface area contributed by atoms with Crippen LogP contribution in [-0.2, 0) is 0 Å². The number of rotatable bonds is 4. The van der Waals surface area contributed by atoms with Crippen molar-refractivity contribution in [1.82, 2.24) is 0 Å². The Morgan fingerprint density at radius 3 is 2.19 bits per heavy atom. The first kappa shape index (κ1) is 12.9. The number of benzene rings is 1. The highest BCUT2D eigenvalue weighted by atomic mass is 19.1. The molecule has 1 N–H and O–H groups in total. The van der Waals surface area contributed by atoms with Crippen molar-refractivity contribution in [3.63, 3.8) is 0 Å². The Bertz CT molecular complexity index is 365. The molecule has 2 heteroatoms. The SMILES string of the molecule is CC/C(C)=C(\CC)[C@@H](O)c1ccc(F)cc1. The first-order valence-electron chi connectivity index (χ1n) is 5.72. The Kier molecular flexibility index (Phi) is 4.69. The zero-order chi connectivity index (χ0) is 12.1. The van der Waals surface area contributed by atoms with Gasteiger partial charge in [0.05, 0.1) is 0 Å². The third kappa shape index (κ3) is 2.92. The molecule has 0 saturated carbocycles. The number of aliphatic hydroxyl groups excluding tert-OH is 1. The minimum atomic E-state index is -0.606. The van der Waals surface area contributed by atoms with E-state index in [2.05, 4.69) is 6.92 Å². The first-order chi connectivity index (χ1) is 7.60. The van der Waals surface area contributed by atoms with E-state index >= 15 is 0 Å². The van der Waals surface area contributed by atoms with Crippen LogP contribution < -0.4 is 0 Å². The van der Waals surface area contributed by atoms with Crippen LogP contribution in [0.1, 0.15) is 45.3 Å². The van der Waals surface area contributed by atoms with Gasteiger partial charge in [0, 0.05) is 0 Å². The van der Waals surface area contributed by atoms with Crippen molar-refractivity contribution in [3.05, 3.63) is 46.8 Å². The molecule has 1 aromatic rings. The summed E-state index contributed by atoms with van der Waals surface area (Å²) >= 11 is 0. The van der Waals surface area contributed by atoms with Crippen molar-refractivity contribution < 1.29 is 9.50 Å². The molecule has 0 radical (unpaired) electrons. The highest BCUT2D eigenvalue weighted by Gasteiger charge is 2.13. The Labute approximate surface area is 96.6 Å². The van der Waals surface area contributed by atoms with Gasteiger partial charge in [-0.15, -0.1) is 0 Å². The lowest BCUT2D eigenvalue weighted by Crippen LogP contribution is -2.03. The molecule has 0 aliphatic rings. The first-order valence-corrected chi connectivity index (χ1v) is 5.72. The summed E-state index contributed by atoms with van der Waals surface area (Å²) in [6.07, 6.45) is 1.14. The van der Waals surface area contributed by atoms with Gasteiger partial charge in [-0.1, -0.05) is 31.6 Å². The van der Waals surface area contributed by atoms with Crippen LogP contribution in [0.4, 0.5) is 4.39 Å². The van der Waals surface area contributed by atoms with E-state index in [1.807, 2.05) is 13.8 Å². The Morgan fingerprint density at radius 2 is 1.75 bits per heavy atom. The van der Waals surface area contributed by atoms with Gasteiger partial charge in [-0.3, -0.25) is 0 Å². The van der Waals surface area contributed by atoms with Crippen LogP contribution in [0.5, 0.6) is 0 Å². The van der Waals surface area contributed by atoms with Crippen LogP contribution in [0.3, 0.4) is 0 Å². The third-order valence-corrected chi connectivity index (χ3v) is 2.98. The van der Waals surface area contributed by atoms with Gasteiger partial charge in [0.2, 0.25) is 0 Å². The molecule has 1 atom stereocenters. The van der Waals surface area contributed by atoms with Crippen molar-refractivity contribution in [2.45, 2.75) is 39.7 Å². The molecule has 1 nitrogen and oxygen atoms in total. The van der Waals surface area contributed by atoms with Crippen LogP contribution >= 0.6 is 0 Å². The van der Waals surface area contributed by atoms with E-state index < -0.39 is 6.10 Å². The zero-order valence-electron chi connectivity index (χ0n) is 10.1. The number of aliphatic hydroxyl groups is 1. The van der Waals surface area contributed by atoms with Gasteiger partial charge in [-0.2, -0.15) is 0 Å². The molecule has 1 rings (SSSR count). The smallest absolute Gasteiger partial charge is 0.123 e. The lowest BCUT2D eigenvalue weighted by Gasteiger charge is -2.17. The monoisotopic (exact) mass is 222 g/mol. The largest absolute Gasteiger partial charge is 0.384 e. The fraction of sp³-hybridized carbons (Fsp3) is 0.429. The molecule has 0 amide bonds. The summed E-state index contributed by atoms with van der Waals surface area (Å²) < 4.78 is 12.8. The number of allylic oxidation sites excluding steroid dienone is 1. The van der Waals surface area contributed by atoms with Gasteiger partial charge in [0.15, 0.2) is 0 Å². The molecule has 0 aromatic heterocycles. The fourth-order valence-corrected chi connectivity index (χ4v) is 1.80. The maximum absolute atomic E-state index is 12.8. The predicted molar refractivity (Wildman–Crippen MR) is 64.6 cm³/mol. The van der Waals surface area contributed by atoms with Gasteiger partial charge in [0.1, 0.15) is 11.9 Å². The normalized spacial score (nSPS) is 14.6. The van der Waals surface area contributed by atoms with Crippen molar-refractivity contribution in [2.24, 2.45) is 0 Å². The lowest BCUT2D eigenvalue weighted by atomic mass is 9.94. The number of hydrogen-bond donors (Lipinski definition) is 1. The molecule has 0 unspecified atom stereocenters. The van der Waals surface area contributed by atoms with Crippen molar-refractivity contribution >= 4 is 0 Å². The topological polar surface area (TPSA) is 20.2 Å². The molecule has 0 aliphatic heterocycles. The summed E-state index contributed by atoms with van der Waals surface area (Å²) in [6, 6.07) is 6.04. The summed E-state index contributed by atoms with van der Waals surface area (Å²) in [6.45, 7) is 6.13. The van der Waals surface area contributed by atoms with Gasteiger partial charge < -0.3 is 5.11 Å². The maximum Gasteiger partial charge on any atom is 0.123 e. The second-order valence-corrected chi connectivity index (χ2v) is 3.97. The van der Waals surface area contributed by atoms with Crippen LogP contribution in [0, 0.1) is 5.82 Å². The second-order valence-electron chi connectivity index (χ2n) is 3.97. The Hall–Kier alpha value is -1.15. The standard InChI is InChI=1S/C14H19FO/c1-4-10(3)13(5-2)14(16)11-6-8-12(15)9-7-11/h6-9,14,16H,4-5H2,1-3H3/b13-10+/t14-/m0/s1. The van der Waals surface area contributed by atoms with E-state index in [0.717, 1.165) is 24.0 Å². The van der Waals surface area contributed by atoms with Gasteiger partial charge in [0.25, 0.3) is 0 Å². The Balaban J connectivity index is 3.00. The molecular formula is C14H19FO. The minimum absolute atomic E-state index is 0.273.